The summed E-state index contributed by atoms with van der Waals surface area (Å²) in [7, 11) is -3.29. The van der Waals surface area contributed by atoms with Crippen LogP contribution in [0.3, 0.4) is 0 Å². The molecule has 1 saturated heterocycles. The number of aromatic nitrogens is 2. The van der Waals surface area contributed by atoms with Crippen LogP contribution < -0.4 is 9.64 Å². The lowest BCUT2D eigenvalue weighted by atomic mass is 10.1. The maximum absolute atomic E-state index is 12.7. The lowest BCUT2D eigenvalue weighted by molar-refractivity contribution is -0.117. The summed E-state index contributed by atoms with van der Waals surface area (Å²) in [4.78, 5) is 20.9. The van der Waals surface area contributed by atoms with Gasteiger partial charge in [-0.25, -0.2) is 4.98 Å². The van der Waals surface area contributed by atoms with E-state index in [1.165, 1.54) is 18.2 Å². The normalized spacial score (nSPS) is 19.4. The quantitative estimate of drug-likeness (QED) is 0.761. The lowest BCUT2D eigenvalue weighted by Gasteiger charge is -2.17. The molecule has 0 radical (unpaired) electrons. The second-order valence-corrected chi connectivity index (χ2v) is 6.10. The number of rotatable bonds is 4. The van der Waals surface area contributed by atoms with Crippen molar-refractivity contribution in [1.29, 1.82) is 0 Å². The molecule has 10 heteroatoms. The highest BCUT2D eigenvalue weighted by atomic mass is 35.5. The summed E-state index contributed by atoms with van der Waals surface area (Å²) in [6.45, 7) is 0.0364. The molecule has 0 aliphatic carbocycles. The molecule has 2 heterocycles. The van der Waals surface area contributed by atoms with E-state index < -0.39 is 21.9 Å². The highest BCUT2D eigenvalue weighted by Gasteiger charge is 2.36. The van der Waals surface area contributed by atoms with Crippen LogP contribution in [-0.2, 0) is 15.0 Å². The van der Waals surface area contributed by atoms with Gasteiger partial charge in [-0.3, -0.25) is 9.69 Å². The highest BCUT2D eigenvalue weighted by molar-refractivity contribution is 7.86. The van der Waals surface area contributed by atoms with Gasteiger partial charge in [-0.15, -0.1) is 3.89 Å². The lowest BCUT2D eigenvalue weighted by Crippen LogP contribution is -2.27. The standard InChI is InChI=1S/C10H11ClFN3O4S/c1-19-10-9(13-3-7(11)14-10)15-4-6(2-8(15)16)5-20(12,17)18/h3,6H,2,4-5H2,1H3. The molecule has 1 aromatic rings. The highest BCUT2D eigenvalue weighted by Crippen LogP contribution is 2.31. The summed E-state index contributed by atoms with van der Waals surface area (Å²) in [6.07, 6.45) is 1.17. The van der Waals surface area contributed by atoms with Gasteiger partial charge in [0.15, 0.2) is 11.0 Å². The first-order chi connectivity index (χ1) is 9.30. The van der Waals surface area contributed by atoms with E-state index in [9.17, 15) is 17.1 Å². The Kier molecular flexibility index (Phi) is 4.09. The fourth-order valence-corrected chi connectivity index (χ4v) is 2.96. The first kappa shape index (κ1) is 14.9. The molecule has 20 heavy (non-hydrogen) atoms. The minimum Gasteiger partial charge on any atom is -0.478 e. The van der Waals surface area contributed by atoms with Crippen LogP contribution in [0.25, 0.3) is 0 Å². The number of carbonyl (C=O) groups excluding carboxylic acids is 1. The van der Waals surface area contributed by atoms with Crippen LogP contribution >= 0.6 is 11.6 Å². The van der Waals surface area contributed by atoms with Gasteiger partial charge in [0.2, 0.25) is 5.91 Å². The van der Waals surface area contributed by atoms with Crippen LogP contribution in [0.2, 0.25) is 5.15 Å². The summed E-state index contributed by atoms with van der Waals surface area (Å²) in [5, 5.41) is 0.0973. The monoisotopic (exact) mass is 323 g/mol. The third-order valence-electron chi connectivity index (χ3n) is 2.78. The molecule has 1 aliphatic heterocycles. The van der Waals surface area contributed by atoms with Gasteiger partial charge >= 0.3 is 10.2 Å². The predicted octanol–water partition coefficient (Wildman–Crippen LogP) is 0.791. The summed E-state index contributed by atoms with van der Waals surface area (Å²) < 4.78 is 38.9. The van der Waals surface area contributed by atoms with E-state index in [-0.39, 0.29) is 35.7 Å². The number of methoxy groups -OCH3 is 1. The van der Waals surface area contributed by atoms with Gasteiger partial charge in [0.1, 0.15) is 0 Å². The Balaban J connectivity index is 2.24. The number of hydrogen-bond acceptors (Lipinski definition) is 6. The fourth-order valence-electron chi connectivity index (χ4n) is 2.05. The van der Waals surface area contributed by atoms with Gasteiger partial charge in [0.25, 0.3) is 5.88 Å². The van der Waals surface area contributed by atoms with Crippen LogP contribution in [0.5, 0.6) is 5.88 Å². The first-order valence-corrected chi connectivity index (χ1v) is 7.52. The van der Waals surface area contributed by atoms with Crippen molar-refractivity contribution < 1.29 is 21.8 Å². The van der Waals surface area contributed by atoms with E-state index in [1.807, 2.05) is 0 Å². The number of carbonyl (C=O) groups is 1. The smallest absolute Gasteiger partial charge is 0.302 e. The van der Waals surface area contributed by atoms with Crippen molar-refractivity contribution in [2.75, 3.05) is 24.3 Å². The van der Waals surface area contributed by atoms with Crippen LogP contribution in [-0.4, -0.2) is 43.7 Å². The van der Waals surface area contributed by atoms with Crippen LogP contribution in [0.4, 0.5) is 9.70 Å². The van der Waals surface area contributed by atoms with Crippen molar-refractivity contribution in [2.24, 2.45) is 5.92 Å². The average Bonchev–Trinajstić information content (AvgIpc) is 2.67. The molecular formula is C10H11ClFN3O4S. The third kappa shape index (κ3) is 3.34. The maximum atomic E-state index is 12.7. The molecule has 110 valence electrons. The summed E-state index contributed by atoms with van der Waals surface area (Å²) in [5.41, 5.74) is 0. The first-order valence-electron chi connectivity index (χ1n) is 5.59. The summed E-state index contributed by atoms with van der Waals surface area (Å²) >= 11 is 5.67. The Labute approximate surface area is 119 Å². The SMILES string of the molecule is COc1nc(Cl)cnc1N1CC(CS(=O)(=O)F)CC1=O. The number of nitrogens with zero attached hydrogens (tertiary/aromatic N) is 3. The fraction of sp³-hybridized carbons (Fsp3) is 0.500. The largest absolute Gasteiger partial charge is 0.478 e. The molecule has 0 bridgehead atoms. The Bertz CT molecular complexity index is 639. The topological polar surface area (TPSA) is 89.5 Å². The molecule has 1 atom stereocenters. The summed E-state index contributed by atoms with van der Waals surface area (Å²) in [6, 6.07) is 0. The molecule has 0 saturated carbocycles. The molecule has 0 N–H and O–H groups in total. The number of amides is 1. The van der Waals surface area contributed by atoms with Gasteiger partial charge in [-0.05, 0) is 0 Å². The Morgan fingerprint density at radius 3 is 2.90 bits per heavy atom. The van der Waals surface area contributed by atoms with Crippen molar-refractivity contribution in [3.63, 3.8) is 0 Å². The minimum absolute atomic E-state index is 0.0364. The van der Waals surface area contributed by atoms with Crippen molar-refractivity contribution >= 4 is 33.5 Å². The van der Waals surface area contributed by atoms with Gasteiger partial charge in [-0.2, -0.15) is 13.4 Å². The second kappa shape index (κ2) is 5.49. The molecule has 0 spiro atoms. The predicted molar refractivity (Wildman–Crippen MR) is 68.9 cm³/mol. The van der Waals surface area contributed by atoms with Crippen molar-refractivity contribution in [2.45, 2.75) is 6.42 Å². The zero-order valence-electron chi connectivity index (χ0n) is 10.4. The molecule has 2 rings (SSSR count). The molecular weight excluding hydrogens is 313 g/mol. The van der Waals surface area contributed by atoms with Crippen LogP contribution in [0.15, 0.2) is 6.20 Å². The molecule has 1 amide bonds. The Morgan fingerprint density at radius 2 is 2.30 bits per heavy atom. The van der Waals surface area contributed by atoms with Gasteiger partial charge in [-0.1, -0.05) is 11.6 Å². The van der Waals surface area contributed by atoms with Crippen molar-refractivity contribution in [3.8, 4) is 5.88 Å². The Hall–Kier alpha value is -1.48. The Morgan fingerprint density at radius 1 is 1.60 bits per heavy atom. The van der Waals surface area contributed by atoms with Crippen molar-refractivity contribution in [1.82, 2.24) is 9.97 Å². The van der Waals surface area contributed by atoms with E-state index in [0.29, 0.717) is 0 Å². The second-order valence-electron chi connectivity index (χ2n) is 4.31. The third-order valence-corrected chi connectivity index (χ3v) is 3.83. The van der Waals surface area contributed by atoms with E-state index >= 15 is 0 Å². The number of anilines is 1. The molecule has 7 nitrogen and oxygen atoms in total. The molecule has 1 fully saturated rings. The van der Waals surface area contributed by atoms with Crippen LogP contribution in [0, 0.1) is 5.92 Å². The summed E-state index contributed by atoms with van der Waals surface area (Å²) in [5.74, 6) is -1.50. The molecule has 1 unspecified atom stereocenters. The van der Waals surface area contributed by atoms with E-state index in [0.717, 1.165) is 0 Å². The maximum Gasteiger partial charge on any atom is 0.302 e. The number of halogens is 2. The molecule has 1 aromatic heterocycles. The van der Waals surface area contributed by atoms with Crippen molar-refractivity contribution in [3.05, 3.63) is 11.3 Å². The zero-order chi connectivity index (χ0) is 14.9. The van der Waals surface area contributed by atoms with Gasteiger partial charge in [0.05, 0.1) is 19.1 Å². The van der Waals surface area contributed by atoms with Gasteiger partial charge in [0, 0.05) is 18.9 Å². The zero-order valence-corrected chi connectivity index (χ0v) is 12.0. The van der Waals surface area contributed by atoms with Crippen LogP contribution in [0.1, 0.15) is 6.42 Å². The number of hydrogen-bond donors (Lipinski definition) is 0. The minimum atomic E-state index is -4.63. The van der Waals surface area contributed by atoms with E-state index in [2.05, 4.69) is 9.97 Å². The molecule has 0 aromatic carbocycles. The van der Waals surface area contributed by atoms with E-state index in [1.54, 1.807) is 0 Å². The number of ether oxygens (including phenoxy) is 1. The van der Waals surface area contributed by atoms with Gasteiger partial charge < -0.3 is 4.74 Å². The van der Waals surface area contributed by atoms with E-state index in [4.69, 9.17) is 16.3 Å². The molecule has 1 aliphatic rings. The average molecular weight is 324 g/mol.